The minimum atomic E-state index is -4.47. The summed E-state index contributed by atoms with van der Waals surface area (Å²) in [5.41, 5.74) is 3.56. The van der Waals surface area contributed by atoms with Crippen LogP contribution in [0.4, 0.5) is 13.2 Å². The summed E-state index contributed by atoms with van der Waals surface area (Å²) in [5.74, 6) is 0.317. The molecule has 0 spiro atoms. The monoisotopic (exact) mass is 531 g/mol. The molecule has 0 amide bonds. The first-order valence-corrected chi connectivity index (χ1v) is 12.7. The fraction of sp³-hybridized carbons (Fsp3) is 0.423. The fourth-order valence-corrected chi connectivity index (χ4v) is 5.13. The van der Waals surface area contributed by atoms with Crippen LogP contribution in [-0.4, -0.2) is 47.6 Å². The predicted octanol–water partition coefficient (Wildman–Crippen LogP) is 6.11. The number of nitrogens with zero attached hydrogens (tertiary/aromatic N) is 7. The van der Waals surface area contributed by atoms with Crippen molar-refractivity contribution in [2.24, 2.45) is 0 Å². The van der Waals surface area contributed by atoms with E-state index in [9.17, 15) is 13.2 Å². The lowest BCUT2D eigenvalue weighted by atomic mass is 9.99. The highest BCUT2D eigenvalue weighted by Crippen LogP contribution is 2.35. The molecule has 5 rings (SSSR count). The van der Waals surface area contributed by atoms with Crippen LogP contribution in [0.3, 0.4) is 0 Å². The van der Waals surface area contributed by atoms with E-state index in [0.717, 1.165) is 48.4 Å². The van der Waals surface area contributed by atoms with E-state index < -0.39 is 11.9 Å². The van der Waals surface area contributed by atoms with Gasteiger partial charge in [-0.05, 0) is 45.9 Å². The number of hydrogen-bond acceptors (Lipinski definition) is 4. The smallest absolute Gasteiger partial charge is 0.331 e. The van der Waals surface area contributed by atoms with Gasteiger partial charge in [0.05, 0.1) is 29.5 Å². The largest absolute Gasteiger partial charge is 0.434 e. The summed E-state index contributed by atoms with van der Waals surface area (Å²) in [6.07, 6.45) is -1.02. The lowest BCUT2D eigenvalue weighted by Crippen LogP contribution is -2.36. The fourth-order valence-electron chi connectivity index (χ4n) is 4.90. The third-order valence-electron chi connectivity index (χ3n) is 6.88. The standard InChI is InChI=1S/C26H29ClF3N7/c1-5-35-15-23(26(28,29)30)32-25(35)18-8-6-17(7-9-18)12-21-22-13-20(33-36(22)11-10-34(21)4)24-19(27)14-31-37(24)16(2)3/h6-9,13-16,21H,5,10-12H2,1-4H3. The number of imidazole rings is 1. The number of aromatic nitrogens is 6. The average molecular weight is 532 g/mol. The zero-order valence-electron chi connectivity index (χ0n) is 21.2. The van der Waals surface area contributed by atoms with Gasteiger partial charge in [0, 0.05) is 30.9 Å². The summed E-state index contributed by atoms with van der Waals surface area (Å²) in [5, 5.41) is 9.85. The topological polar surface area (TPSA) is 56.7 Å². The molecule has 196 valence electrons. The van der Waals surface area contributed by atoms with Crippen LogP contribution in [0.25, 0.3) is 22.8 Å². The van der Waals surface area contributed by atoms with Gasteiger partial charge in [-0.15, -0.1) is 0 Å². The second kappa shape index (κ2) is 9.64. The van der Waals surface area contributed by atoms with E-state index in [-0.39, 0.29) is 12.1 Å². The molecule has 37 heavy (non-hydrogen) atoms. The molecular formula is C26H29ClF3N7. The molecule has 1 unspecified atom stereocenters. The SMILES string of the molecule is CCn1cc(C(F)(F)F)nc1-c1ccc(CC2c3cc(-c4c(Cl)cnn4C(C)C)nn3CCN2C)cc1. The first-order valence-electron chi connectivity index (χ1n) is 12.3. The number of hydrogen-bond donors (Lipinski definition) is 0. The molecule has 1 atom stereocenters. The molecule has 0 radical (unpaired) electrons. The third-order valence-corrected chi connectivity index (χ3v) is 7.16. The van der Waals surface area contributed by atoms with Crippen LogP contribution in [0.1, 0.15) is 49.8 Å². The first kappa shape index (κ1) is 25.5. The molecule has 7 nitrogen and oxygen atoms in total. The maximum absolute atomic E-state index is 13.2. The molecule has 0 bridgehead atoms. The lowest BCUT2D eigenvalue weighted by molar-refractivity contribution is -0.140. The molecule has 0 saturated heterocycles. The highest BCUT2D eigenvalue weighted by atomic mass is 35.5. The second-order valence-corrected chi connectivity index (χ2v) is 10.1. The van der Waals surface area contributed by atoms with Crippen LogP contribution in [0.5, 0.6) is 0 Å². The molecule has 0 N–H and O–H groups in total. The van der Waals surface area contributed by atoms with E-state index in [0.29, 0.717) is 23.0 Å². The molecule has 3 aromatic heterocycles. The summed E-state index contributed by atoms with van der Waals surface area (Å²) in [6.45, 7) is 7.94. The van der Waals surface area contributed by atoms with Crippen molar-refractivity contribution in [3.05, 3.63) is 64.7 Å². The zero-order valence-corrected chi connectivity index (χ0v) is 21.9. The maximum atomic E-state index is 13.2. The quantitative estimate of drug-likeness (QED) is 0.301. The van der Waals surface area contributed by atoms with E-state index in [2.05, 4.69) is 41.9 Å². The molecular weight excluding hydrogens is 503 g/mol. The normalized spacial score (nSPS) is 16.5. The Balaban J connectivity index is 1.42. The molecule has 1 aromatic carbocycles. The molecule has 11 heteroatoms. The summed E-state index contributed by atoms with van der Waals surface area (Å²) in [4.78, 5) is 6.16. The van der Waals surface area contributed by atoms with Crippen molar-refractivity contribution in [3.8, 4) is 22.8 Å². The van der Waals surface area contributed by atoms with Crippen molar-refractivity contribution in [1.82, 2.24) is 34.0 Å². The molecule has 4 heterocycles. The van der Waals surface area contributed by atoms with Gasteiger partial charge in [0.25, 0.3) is 0 Å². The van der Waals surface area contributed by atoms with Gasteiger partial charge in [-0.3, -0.25) is 14.3 Å². The number of fused-ring (bicyclic) bond motifs is 1. The van der Waals surface area contributed by atoms with Gasteiger partial charge in [-0.2, -0.15) is 23.4 Å². The molecule has 4 aromatic rings. The summed E-state index contributed by atoms with van der Waals surface area (Å²) in [7, 11) is 2.09. The second-order valence-electron chi connectivity index (χ2n) is 9.69. The Bertz CT molecular complexity index is 1400. The van der Waals surface area contributed by atoms with Gasteiger partial charge in [0.2, 0.25) is 0 Å². The van der Waals surface area contributed by atoms with Gasteiger partial charge in [0.15, 0.2) is 5.69 Å². The maximum Gasteiger partial charge on any atom is 0.434 e. The molecule has 1 aliphatic heterocycles. The van der Waals surface area contributed by atoms with E-state index in [1.54, 1.807) is 13.1 Å². The Morgan fingerprint density at radius 3 is 2.51 bits per heavy atom. The Kier molecular flexibility index (Phi) is 6.66. The molecule has 1 aliphatic rings. The summed E-state index contributed by atoms with van der Waals surface area (Å²) >= 11 is 6.48. The van der Waals surface area contributed by atoms with E-state index in [1.165, 1.54) is 4.57 Å². The summed E-state index contributed by atoms with van der Waals surface area (Å²) in [6, 6.07) is 9.94. The van der Waals surface area contributed by atoms with Crippen LogP contribution in [-0.2, 0) is 25.7 Å². The number of aryl methyl sites for hydroxylation is 1. The van der Waals surface area contributed by atoms with Crippen molar-refractivity contribution in [2.75, 3.05) is 13.6 Å². The number of rotatable bonds is 6. The van der Waals surface area contributed by atoms with Gasteiger partial charge in [0.1, 0.15) is 17.2 Å². The van der Waals surface area contributed by atoms with Gasteiger partial charge in [-0.25, -0.2) is 4.98 Å². The Morgan fingerprint density at radius 2 is 1.86 bits per heavy atom. The average Bonchev–Trinajstić information content (AvgIpc) is 3.57. The predicted molar refractivity (Wildman–Crippen MR) is 136 cm³/mol. The molecule has 0 fully saturated rings. The highest BCUT2D eigenvalue weighted by molar-refractivity contribution is 6.32. The van der Waals surface area contributed by atoms with E-state index in [1.807, 2.05) is 33.6 Å². The van der Waals surface area contributed by atoms with Crippen LogP contribution in [0, 0.1) is 0 Å². The van der Waals surface area contributed by atoms with Crippen LogP contribution >= 0.6 is 11.6 Å². The highest BCUT2D eigenvalue weighted by Gasteiger charge is 2.35. The van der Waals surface area contributed by atoms with Crippen molar-refractivity contribution >= 4 is 11.6 Å². The van der Waals surface area contributed by atoms with E-state index >= 15 is 0 Å². The van der Waals surface area contributed by atoms with Crippen LogP contribution < -0.4 is 0 Å². The minimum absolute atomic E-state index is 0.0875. The Morgan fingerprint density at radius 1 is 1.14 bits per heavy atom. The number of benzene rings is 1. The van der Waals surface area contributed by atoms with Crippen molar-refractivity contribution in [1.29, 1.82) is 0 Å². The minimum Gasteiger partial charge on any atom is -0.331 e. The Labute approximate surface area is 218 Å². The van der Waals surface area contributed by atoms with Gasteiger partial charge < -0.3 is 4.57 Å². The Hall–Kier alpha value is -3.11. The van der Waals surface area contributed by atoms with Crippen LogP contribution in [0.2, 0.25) is 5.02 Å². The number of alkyl halides is 3. The summed E-state index contributed by atoms with van der Waals surface area (Å²) < 4.78 is 45.0. The van der Waals surface area contributed by atoms with Crippen molar-refractivity contribution in [2.45, 2.75) is 58.5 Å². The third kappa shape index (κ3) is 4.80. The van der Waals surface area contributed by atoms with E-state index in [4.69, 9.17) is 16.7 Å². The van der Waals surface area contributed by atoms with Crippen molar-refractivity contribution < 1.29 is 13.2 Å². The van der Waals surface area contributed by atoms with Crippen molar-refractivity contribution in [3.63, 3.8) is 0 Å². The van der Waals surface area contributed by atoms with Gasteiger partial charge >= 0.3 is 6.18 Å². The van der Waals surface area contributed by atoms with Crippen LogP contribution in [0.15, 0.2) is 42.7 Å². The van der Waals surface area contributed by atoms with Gasteiger partial charge in [-0.1, -0.05) is 35.9 Å². The molecule has 0 aliphatic carbocycles. The zero-order chi connectivity index (χ0) is 26.5. The molecule has 0 saturated carbocycles. The number of halogens is 4. The first-order chi connectivity index (χ1) is 17.6. The lowest BCUT2D eigenvalue weighted by Gasteiger charge is -2.33. The number of likely N-dealkylation sites (N-methyl/N-ethyl adjacent to an activating group) is 1.